The van der Waals surface area contributed by atoms with E-state index in [0.717, 1.165) is 5.56 Å². The molecule has 2 aromatic heterocycles. The van der Waals surface area contributed by atoms with E-state index in [-0.39, 0.29) is 17.8 Å². The van der Waals surface area contributed by atoms with Crippen LogP contribution in [0.15, 0.2) is 43.0 Å². The second kappa shape index (κ2) is 7.67. The molecule has 1 unspecified atom stereocenters. The lowest BCUT2D eigenvalue weighted by Gasteiger charge is -2.10. The second-order valence-electron chi connectivity index (χ2n) is 5.66. The van der Waals surface area contributed by atoms with Crippen molar-refractivity contribution in [3.05, 3.63) is 58.6 Å². The highest BCUT2D eigenvalue weighted by Gasteiger charge is 2.16. The number of halogens is 2. The zero-order chi connectivity index (χ0) is 17.8. The summed E-state index contributed by atoms with van der Waals surface area (Å²) < 4.78 is 3.27. The Bertz CT molecular complexity index is 858. The van der Waals surface area contributed by atoms with Crippen LogP contribution in [0.3, 0.4) is 0 Å². The Morgan fingerprint density at radius 2 is 1.96 bits per heavy atom. The number of aromatic nitrogens is 5. The number of rotatable bonds is 6. The van der Waals surface area contributed by atoms with Gasteiger partial charge in [0.25, 0.3) is 0 Å². The molecule has 1 aromatic carbocycles. The topological polar surface area (TPSA) is 77.6 Å². The van der Waals surface area contributed by atoms with Gasteiger partial charge in [0.1, 0.15) is 6.33 Å². The average molecular weight is 379 g/mol. The smallest absolute Gasteiger partial charge is 0.248 e. The van der Waals surface area contributed by atoms with E-state index in [2.05, 4.69) is 20.5 Å². The molecule has 130 valence electrons. The number of anilines is 1. The van der Waals surface area contributed by atoms with Crippen LogP contribution < -0.4 is 5.32 Å². The van der Waals surface area contributed by atoms with Gasteiger partial charge in [0.2, 0.25) is 11.9 Å². The van der Waals surface area contributed by atoms with Crippen molar-refractivity contribution < 1.29 is 4.79 Å². The van der Waals surface area contributed by atoms with Crippen molar-refractivity contribution in [2.45, 2.75) is 20.0 Å². The molecule has 3 rings (SSSR count). The molecular formula is C16H16Cl2N6O. The summed E-state index contributed by atoms with van der Waals surface area (Å²) in [6.45, 7) is 2.76. The van der Waals surface area contributed by atoms with Crippen molar-refractivity contribution in [1.82, 2.24) is 24.5 Å². The van der Waals surface area contributed by atoms with Crippen LogP contribution in [-0.4, -0.2) is 30.5 Å². The largest absolute Gasteiger partial charge is 0.293 e. The maximum atomic E-state index is 12.2. The lowest BCUT2D eigenvalue weighted by molar-refractivity contribution is -0.119. The first-order chi connectivity index (χ1) is 12.0. The Hall–Kier alpha value is -2.38. The van der Waals surface area contributed by atoms with Crippen LogP contribution in [0.1, 0.15) is 12.5 Å². The number of amides is 1. The van der Waals surface area contributed by atoms with Crippen LogP contribution >= 0.6 is 23.2 Å². The summed E-state index contributed by atoms with van der Waals surface area (Å²) in [5.74, 6) is -0.223. The number of hydrogen-bond acceptors (Lipinski definition) is 4. The summed E-state index contributed by atoms with van der Waals surface area (Å²) in [7, 11) is 0. The molecule has 0 radical (unpaired) electrons. The minimum absolute atomic E-state index is 0.184. The van der Waals surface area contributed by atoms with E-state index in [1.807, 2.05) is 24.3 Å². The highest BCUT2D eigenvalue weighted by molar-refractivity contribution is 6.30. The van der Waals surface area contributed by atoms with Gasteiger partial charge >= 0.3 is 0 Å². The fourth-order valence-corrected chi connectivity index (χ4v) is 2.52. The van der Waals surface area contributed by atoms with E-state index in [1.165, 1.54) is 6.20 Å². The van der Waals surface area contributed by atoms with Gasteiger partial charge in [0, 0.05) is 11.2 Å². The molecule has 0 aliphatic rings. The first kappa shape index (κ1) is 17.4. The Morgan fingerprint density at radius 3 is 2.64 bits per heavy atom. The van der Waals surface area contributed by atoms with Gasteiger partial charge in [-0.1, -0.05) is 42.3 Å². The molecule has 25 heavy (non-hydrogen) atoms. The summed E-state index contributed by atoms with van der Waals surface area (Å²) in [6.07, 6.45) is 4.78. The quantitative estimate of drug-likeness (QED) is 0.714. The molecule has 0 aliphatic heterocycles. The van der Waals surface area contributed by atoms with Gasteiger partial charge in [-0.3, -0.25) is 14.8 Å². The zero-order valence-electron chi connectivity index (χ0n) is 13.4. The Kier molecular flexibility index (Phi) is 5.35. The van der Waals surface area contributed by atoms with Crippen molar-refractivity contribution in [1.29, 1.82) is 0 Å². The van der Waals surface area contributed by atoms with Crippen molar-refractivity contribution in [2.24, 2.45) is 5.92 Å². The molecule has 0 saturated heterocycles. The van der Waals surface area contributed by atoms with Crippen molar-refractivity contribution >= 4 is 35.1 Å². The SMILES string of the molecule is CC(Cn1cc(Cl)cn1)C(=O)Nc1ncn(Cc2ccc(Cl)cc2)n1. The number of carbonyl (C=O) groups is 1. The van der Waals surface area contributed by atoms with Crippen LogP contribution in [0.5, 0.6) is 0 Å². The molecule has 0 spiro atoms. The van der Waals surface area contributed by atoms with Crippen molar-refractivity contribution in [2.75, 3.05) is 5.32 Å². The summed E-state index contributed by atoms with van der Waals surface area (Å²) in [4.78, 5) is 16.4. The Morgan fingerprint density at radius 1 is 1.20 bits per heavy atom. The maximum Gasteiger partial charge on any atom is 0.248 e. The third kappa shape index (κ3) is 4.80. The fourth-order valence-electron chi connectivity index (χ4n) is 2.24. The predicted molar refractivity (Wildman–Crippen MR) is 95.6 cm³/mol. The molecule has 2 heterocycles. The first-order valence-corrected chi connectivity index (χ1v) is 8.38. The number of hydrogen-bond donors (Lipinski definition) is 1. The normalized spacial score (nSPS) is 12.1. The molecule has 0 fully saturated rings. The average Bonchev–Trinajstić information content (AvgIpc) is 3.18. The van der Waals surface area contributed by atoms with Gasteiger partial charge in [0.15, 0.2) is 0 Å². The van der Waals surface area contributed by atoms with Gasteiger partial charge < -0.3 is 0 Å². The molecule has 0 bridgehead atoms. The summed E-state index contributed by atoms with van der Waals surface area (Å²) in [5.41, 5.74) is 1.04. The minimum atomic E-state index is -0.306. The van der Waals surface area contributed by atoms with E-state index in [9.17, 15) is 4.79 Å². The third-order valence-corrected chi connectivity index (χ3v) is 3.99. The Labute approximate surface area is 154 Å². The first-order valence-electron chi connectivity index (χ1n) is 7.62. The predicted octanol–water partition coefficient (Wildman–Crippen LogP) is 3.10. The molecule has 1 N–H and O–H groups in total. The van der Waals surface area contributed by atoms with Gasteiger partial charge in [-0.2, -0.15) is 5.10 Å². The lowest BCUT2D eigenvalue weighted by atomic mass is 10.1. The Balaban J connectivity index is 1.56. The second-order valence-corrected chi connectivity index (χ2v) is 6.54. The fraction of sp³-hybridized carbons (Fsp3) is 0.250. The van der Waals surface area contributed by atoms with E-state index in [4.69, 9.17) is 23.2 Å². The van der Waals surface area contributed by atoms with E-state index < -0.39 is 0 Å². The third-order valence-electron chi connectivity index (χ3n) is 3.54. The van der Waals surface area contributed by atoms with Gasteiger partial charge in [-0.05, 0) is 17.7 Å². The van der Waals surface area contributed by atoms with Crippen LogP contribution in [-0.2, 0) is 17.9 Å². The van der Waals surface area contributed by atoms with Crippen LogP contribution in [0.25, 0.3) is 0 Å². The molecule has 1 atom stereocenters. The van der Waals surface area contributed by atoms with Crippen molar-refractivity contribution in [3.63, 3.8) is 0 Å². The molecule has 7 nitrogen and oxygen atoms in total. The highest BCUT2D eigenvalue weighted by atomic mass is 35.5. The van der Waals surface area contributed by atoms with Gasteiger partial charge in [0.05, 0.1) is 30.2 Å². The molecule has 1 amide bonds. The van der Waals surface area contributed by atoms with Crippen LogP contribution in [0.4, 0.5) is 5.95 Å². The number of carbonyl (C=O) groups excluding carboxylic acids is 1. The van der Waals surface area contributed by atoms with Gasteiger partial charge in [-0.25, -0.2) is 9.67 Å². The van der Waals surface area contributed by atoms with Crippen molar-refractivity contribution in [3.8, 4) is 0 Å². The number of nitrogens with zero attached hydrogens (tertiary/aromatic N) is 5. The minimum Gasteiger partial charge on any atom is -0.293 e. The van der Waals surface area contributed by atoms with E-state index >= 15 is 0 Å². The molecule has 0 aliphatic carbocycles. The van der Waals surface area contributed by atoms with E-state index in [0.29, 0.717) is 23.1 Å². The number of nitrogens with one attached hydrogen (secondary N) is 1. The van der Waals surface area contributed by atoms with Crippen LogP contribution in [0.2, 0.25) is 10.0 Å². The zero-order valence-corrected chi connectivity index (χ0v) is 14.9. The summed E-state index contributed by atoms with van der Waals surface area (Å²) in [5, 5.41) is 12.2. The highest BCUT2D eigenvalue weighted by Crippen LogP contribution is 2.12. The molecule has 0 saturated carbocycles. The molecule has 3 aromatic rings. The van der Waals surface area contributed by atoms with Gasteiger partial charge in [-0.15, -0.1) is 5.10 Å². The summed E-state index contributed by atoms with van der Waals surface area (Å²) in [6, 6.07) is 7.47. The molecular weight excluding hydrogens is 363 g/mol. The van der Waals surface area contributed by atoms with E-state index in [1.54, 1.807) is 28.8 Å². The maximum absolute atomic E-state index is 12.2. The number of benzene rings is 1. The molecule has 9 heteroatoms. The van der Waals surface area contributed by atoms with Crippen LogP contribution in [0, 0.1) is 5.92 Å². The standard InChI is InChI=1S/C16H16Cl2N6O/c1-11(7-23-9-14(18)6-20-23)15(25)21-16-19-10-24(22-16)8-12-2-4-13(17)5-3-12/h2-6,9-11H,7-8H2,1H3,(H,21,22,25). The monoisotopic (exact) mass is 378 g/mol. The summed E-state index contributed by atoms with van der Waals surface area (Å²) >= 11 is 11.7. The lowest BCUT2D eigenvalue weighted by Crippen LogP contribution is -2.25.